The highest BCUT2D eigenvalue weighted by molar-refractivity contribution is 7.11. The van der Waals surface area contributed by atoms with E-state index in [1.807, 2.05) is 13.0 Å². The highest BCUT2D eigenvalue weighted by atomic mass is 32.1. The standard InChI is InChI=1S/C16H19N5S/c1-11-19-20-15(22-11)10-21-8-6-12(7-9-21)16-17-13-4-2-3-5-14(13)18-16/h2-5,12H,6-10H2,1H3,(H,17,18). The van der Waals surface area contributed by atoms with Crippen LogP contribution >= 0.6 is 11.3 Å². The molecule has 2 aromatic heterocycles. The highest BCUT2D eigenvalue weighted by Crippen LogP contribution is 2.28. The number of hydrogen-bond acceptors (Lipinski definition) is 5. The fourth-order valence-corrected chi connectivity index (χ4v) is 3.87. The summed E-state index contributed by atoms with van der Waals surface area (Å²) in [5, 5.41) is 10.5. The first-order valence-electron chi connectivity index (χ1n) is 7.74. The van der Waals surface area contributed by atoms with Crippen molar-refractivity contribution >= 4 is 22.4 Å². The van der Waals surface area contributed by atoms with Crippen molar-refractivity contribution < 1.29 is 0 Å². The van der Waals surface area contributed by atoms with Gasteiger partial charge < -0.3 is 4.98 Å². The maximum Gasteiger partial charge on any atom is 0.131 e. The summed E-state index contributed by atoms with van der Waals surface area (Å²) in [5.41, 5.74) is 2.22. The Balaban J connectivity index is 1.40. The van der Waals surface area contributed by atoms with Gasteiger partial charge in [0.1, 0.15) is 15.8 Å². The molecule has 1 aliphatic rings. The molecule has 0 bridgehead atoms. The second-order valence-electron chi connectivity index (χ2n) is 5.90. The van der Waals surface area contributed by atoms with Gasteiger partial charge in [-0.1, -0.05) is 12.1 Å². The maximum absolute atomic E-state index is 4.75. The van der Waals surface area contributed by atoms with Gasteiger partial charge in [-0.15, -0.1) is 21.5 Å². The lowest BCUT2D eigenvalue weighted by atomic mass is 9.96. The number of imidazole rings is 1. The number of H-pyrrole nitrogens is 1. The lowest BCUT2D eigenvalue weighted by Gasteiger charge is -2.30. The molecule has 1 aliphatic heterocycles. The fraction of sp³-hybridized carbons (Fsp3) is 0.438. The largest absolute Gasteiger partial charge is 0.342 e. The minimum absolute atomic E-state index is 0.541. The molecule has 1 fully saturated rings. The number of likely N-dealkylation sites (tertiary alicyclic amines) is 1. The molecule has 3 aromatic rings. The van der Waals surface area contributed by atoms with E-state index in [0.29, 0.717) is 5.92 Å². The van der Waals surface area contributed by atoms with Gasteiger partial charge in [-0.25, -0.2) is 4.98 Å². The van der Waals surface area contributed by atoms with Crippen LogP contribution < -0.4 is 0 Å². The van der Waals surface area contributed by atoms with Crippen molar-refractivity contribution in [1.82, 2.24) is 25.1 Å². The minimum Gasteiger partial charge on any atom is -0.342 e. The van der Waals surface area contributed by atoms with Crippen LogP contribution in [0.15, 0.2) is 24.3 Å². The summed E-state index contributed by atoms with van der Waals surface area (Å²) in [6.45, 7) is 5.13. The van der Waals surface area contributed by atoms with Crippen LogP contribution in [-0.4, -0.2) is 38.2 Å². The van der Waals surface area contributed by atoms with E-state index in [1.54, 1.807) is 11.3 Å². The van der Waals surface area contributed by atoms with Gasteiger partial charge in [0.05, 0.1) is 17.6 Å². The molecular weight excluding hydrogens is 294 g/mol. The average Bonchev–Trinajstić information content (AvgIpc) is 3.14. The van der Waals surface area contributed by atoms with Crippen LogP contribution in [0.2, 0.25) is 0 Å². The lowest BCUT2D eigenvalue weighted by Crippen LogP contribution is -2.32. The minimum atomic E-state index is 0.541. The molecule has 1 saturated heterocycles. The number of hydrogen-bond donors (Lipinski definition) is 1. The molecule has 22 heavy (non-hydrogen) atoms. The summed E-state index contributed by atoms with van der Waals surface area (Å²) in [5.74, 6) is 1.69. The van der Waals surface area contributed by atoms with Crippen molar-refractivity contribution in [2.24, 2.45) is 0 Å². The van der Waals surface area contributed by atoms with Crippen LogP contribution in [0.4, 0.5) is 0 Å². The summed E-state index contributed by atoms with van der Waals surface area (Å²) in [6, 6.07) is 8.26. The number of nitrogens with zero attached hydrogens (tertiary/aromatic N) is 4. The van der Waals surface area contributed by atoms with Gasteiger partial charge in [-0.2, -0.15) is 0 Å². The van der Waals surface area contributed by atoms with Crippen LogP contribution in [0, 0.1) is 6.92 Å². The number of piperidine rings is 1. The van der Waals surface area contributed by atoms with Crippen LogP contribution in [-0.2, 0) is 6.54 Å². The Morgan fingerprint density at radius 3 is 2.77 bits per heavy atom. The third-order valence-corrected chi connectivity index (χ3v) is 5.13. The quantitative estimate of drug-likeness (QED) is 0.807. The van der Waals surface area contributed by atoms with Gasteiger partial charge >= 0.3 is 0 Å². The highest BCUT2D eigenvalue weighted by Gasteiger charge is 2.23. The van der Waals surface area contributed by atoms with Crippen LogP contribution in [0.5, 0.6) is 0 Å². The summed E-state index contributed by atoms with van der Waals surface area (Å²) in [7, 11) is 0. The average molecular weight is 313 g/mol. The van der Waals surface area contributed by atoms with Gasteiger partial charge in [0, 0.05) is 5.92 Å². The monoisotopic (exact) mass is 313 g/mol. The lowest BCUT2D eigenvalue weighted by molar-refractivity contribution is 0.201. The topological polar surface area (TPSA) is 57.7 Å². The van der Waals surface area contributed by atoms with E-state index in [2.05, 4.69) is 38.3 Å². The molecule has 6 heteroatoms. The van der Waals surface area contributed by atoms with Gasteiger partial charge in [0.25, 0.3) is 0 Å². The Morgan fingerprint density at radius 1 is 1.23 bits per heavy atom. The van der Waals surface area contributed by atoms with Crippen molar-refractivity contribution in [3.63, 3.8) is 0 Å². The summed E-state index contributed by atoms with van der Waals surface area (Å²) in [6.07, 6.45) is 2.30. The molecule has 1 aromatic carbocycles. The maximum atomic E-state index is 4.75. The molecule has 0 atom stereocenters. The Hall–Kier alpha value is -1.79. The first-order chi connectivity index (χ1) is 10.8. The number of para-hydroxylation sites is 2. The number of benzene rings is 1. The molecule has 5 nitrogen and oxygen atoms in total. The molecular formula is C16H19N5S. The van der Waals surface area contributed by atoms with Crippen LogP contribution in [0.25, 0.3) is 11.0 Å². The predicted molar refractivity (Wildman–Crippen MR) is 88.0 cm³/mol. The summed E-state index contributed by atoms with van der Waals surface area (Å²) >= 11 is 1.70. The summed E-state index contributed by atoms with van der Waals surface area (Å²) in [4.78, 5) is 10.7. The third kappa shape index (κ3) is 2.76. The number of aryl methyl sites for hydroxylation is 1. The molecule has 0 spiro atoms. The third-order valence-electron chi connectivity index (χ3n) is 4.31. The van der Waals surface area contributed by atoms with E-state index in [9.17, 15) is 0 Å². The van der Waals surface area contributed by atoms with Crippen LogP contribution in [0.3, 0.4) is 0 Å². The van der Waals surface area contributed by atoms with E-state index in [1.165, 1.54) is 0 Å². The van der Waals surface area contributed by atoms with Crippen molar-refractivity contribution in [1.29, 1.82) is 0 Å². The number of rotatable bonds is 3. The van der Waals surface area contributed by atoms with E-state index >= 15 is 0 Å². The number of fused-ring (bicyclic) bond motifs is 1. The van der Waals surface area contributed by atoms with E-state index < -0.39 is 0 Å². The van der Waals surface area contributed by atoms with Gasteiger partial charge in [0.15, 0.2) is 0 Å². The molecule has 3 heterocycles. The smallest absolute Gasteiger partial charge is 0.131 e. The Morgan fingerprint density at radius 2 is 2.05 bits per heavy atom. The van der Waals surface area contributed by atoms with Crippen molar-refractivity contribution in [2.75, 3.05) is 13.1 Å². The van der Waals surface area contributed by atoms with Crippen molar-refractivity contribution in [3.05, 3.63) is 40.1 Å². The molecule has 1 N–H and O–H groups in total. The Kier molecular flexibility index (Phi) is 3.63. The van der Waals surface area contributed by atoms with E-state index in [0.717, 1.165) is 59.3 Å². The fourth-order valence-electron chi connectivity index (χ4n) is 3.12. The second-order valence-corrected chi connectivity index (χ2v) is 7.17. The van der Waals surface area contributed by atoms with E-state index in [4.69, 9.17) is 4.98 Å². The Labute approximate surface area is 133 Å². The molecule has 0 radical (unpaired) electrons. The molecule has 114 valence electrons. The van der Waals surface area contributed by atoms with Crippen molar-refractivity contribution in [2.45, 2.75) is 32.2 Å². The first kappa shape index (κ1) is 13.8. The van der Waals surface area contributed by atoms with Gasteiger partial charge in [0.2, 0.25) is 0 Å². The van der Waals surface area contributed by atoms with E-state index in [-0.39, 0.29) is 0 Å². The second kappa shape index (κ2) is 5.78. The zero-order valence-electron chi connectivity index (χ0n) is 12.6. The molecule has 0 saturated carbocycles. The molecule has 0 amide bonds. The normalized spacial score (nSPS) is 17.3. The summed E-state index contributed by atoms with van der Waals surface area (Å²) < 4.78 is 0. The van der Waals surface area contributed by atoms with Crippen LogP contribution in [0.1, 0.15) is 34.6 Å². The zero-order chi connectivity index (χ0) is 14.9. The number of nitrogens with one attached hydrogen (secondary N) is 1. The number of aromatic amines is 1. The molecule has 0 unspecified atom stereocenters. The number of aromatic nitrogens is 4. The molecule has 4 rings (SSSR count). The predicted octanol–water partition coefficient (Wildman–Crippen LogP) is 3.10. The zero-order valence-corrected chi connectivity index (χ0v) is 13.4. The first-order valence-corrected chi connectivity index (χ1v) is 8.55. The van der Waals surface area contributed by atoms with Crippen molar-refractivity contribution in [3.8, 4) is 0 Å². The van der Waals surface area contributed by atoms with Gasteiger partial charge in [-0.05, 0) is 45.0 Å². The van der Waals surface area contributed by atoms with Gasteiger partial charge in [-0.3, -0.25) is 4.90 Å². The Bertz CT molecular complexity index is 737. The molecule has 0 aliphatic carbocycles. The SMILES string of the molecule is Cc1nnc(CN2CCC(c3nc4ccccc4[nH]3)CC2)s1.